The highest BCUT2D eigenvalue weighted by molar-refractivity contribution is 5.84. The molecule has 29 heavy (non-hydrogen) atoms. The lowest BCUT2D eigenvalue weighted by Gasteiger charge is -2.24. The maximum absolute atomic E-state index is 13.4. The minimum Gasteiger partial charge on any atom is -0.497 e. The number of halogens is 1. The molecule has 1 atom stereocenters. The van der Waals surface area contributed by atoms with E-state index in [1.165, 1.54) is 24.0 Å². The van der Waals surface area contributed by atoms with Crippen LogP contribution in [0.4, 0.5) is 4.39 Å². The molecule has 8 heteroatoms. The number of carbonyl (C=O) groups is 2. The van der Waals surface area contributed by atoms with Gasteiger partial charge >= 0.3 is 0 Å². The fourth-order valence-corrected chi connectivity index (χ4v) is 3.18. The van der Waals surface area contributed by atoms with Crippen molar-refractivity contribution in [3.05, 3.63) is 59.7 Å². The molecule has 2 aromatic rings. The SMILES string of the molecule is COc1ccnc(CN2CC(OCc3cccc(F)c3)CN(C(C)=O)CC2=O)c1. The number of methoxy groups -OCH3 is 1. The Balaban J connectivity index is 1.73. The molecule has 2 heterocycles. The minimum atomic E-state index is -0.403. The number of hydrogen-bond donors (Lipinski definition) is 0. The van der Waals surface area contributed by atoms with Crippen molar-refractivity contribution in [2.75, 3.05) is 26.7 Å². The monoisotopic (exact) mass is 401 g/mol. The van der Waals surface area contributed by atoms with Gasteiger partial charge in [0.1, 0.15) is 11.6 Å². The highest BCUT2D eigenvalue weighted by Crippen LogP contribution is 2.16. The molecule has 0 aliphatic carbocycles. The van der Waals surface area contributed by atoms with Gasteiger partial charge in [0.05, 0.1) is 38.6 Å². The van der Waals surface area contributed by atoms with Crippen molar-refractivity contribution in [2.24, 2.45) is 0 Å². The van der Waals surface area contributed by atoms with Crippen LogP contribution in [-0.4, -0.2) is 59.4 Å². The Morgan fingerprint density at radius 1 is 1.28 bits per heavy atom. The third-order valence-corrected chi connectivity index (χ3v) is 4.72. The summed E-state index contributed by atoms with van der Waals surface area (Å²) < 4.78 is 24.6. The Labute approximate surface area is 169 Å². The van der Waals surface area contributed by atoms with Crippen molar-refractivity contribution in [3.63, 3.8) is 0 Å². The first-order chi connectivity index (χ1) is 13.9. The van der Waals surface area contributed by atoms with Crippen molar-refractivity contribution in [1.29, 1.82) is 0 Å². The summed E-state index contributed by atoms with van der Waals surface area (Å²) in [5.41, 5.74) is 1.37. The summed E-state index contributed by atoms with van der Waals surface area (Å²) in [6.45, 7) is 2.47. The number of hydrogen-bond acceptors (Lipinski definition) is 5. The molecule has 0 bridgehead atoms. The van der Waals surface area contributed by atoms with Crippen LogP contribution in [0.1, 0.15) is 18.2 Å². The second kappa shape index (κ2) is 9.47. The van der Waals surface area contributed by atoms with Crippen molar-refractivity contribution in [3.8, 4) is 5.75 Å². The number of pyridine rings is 1. The summed E-state index contributed by atoms with van der Waals surface area (Å²) in [5, 5.41) is 0. The van der Waals surface area contributed by atoms with Crippen molar-refractivity contribution in [2.45, 2.75) is 26.2 Å². The van der Waals surface area contributed by atoms with Gasteiger partial charge in [-0.3, -0.25) is 14.6 Å². The fourth-order valence-electron chi connectivity index (χ4n) is 3.18. The third kappa shape index (κ3) is 5.74. The van der Waals surface area contributed by atoms with Crippen LogP contribution in [0.15, 0.2) is 42.6 Å². The molecule has 1 aliphatic rings. The largest absolute Gasteiger partial charge is 0.497 e. The van der Waals surface area contributed by atoms with Crippen LogP contribution < -0.4 is 4.74 Å². The molecule has 1 fully saturated rings. The van der Waals surface area contributed by atoms with Gasteiger partial charge in [-0.2, -0.15) is 0 Å². The summed E-state index contributed by atoms with van der Waals surface area (Å²) >= 11 is 0. The summed E-state index contributed by atoms with van der Waals surface area (Å²) in [6, 6.07) is 9.66. The van der Waals surface area contributed by atoms with Crippen LogP contribution in [0.2, 0.25) is 0 Å². The lowest BCUT2D eigenvalue weighted by molar-refractivity contribution is -0.137. The molecule has 1 aromatic carbocycles. The van der Waals surface area contributed by atoms with Gasteiger partial charge in [-0.25, -0.2) is 4.39 Å². The molecule has 0 N–H and O–H groups in total. The average molecular weight is 401 g/mol. The standard InChI is InChI=1S/C21H24FN3O4/c1-15(26)24-11-20(29-14-16-4-3-5-17(22)8-16)12-25(21(27)13-24)10-18-9-19(28-2)6-7-23-18/h3-9,20H,10-14H2,1-2H3. The van der Waals surface area contributed by atoms with E-state index in [0.717, 1.165) is 0 Å². The predicted octanol–water partition coefficient (Wildman–Crippen LogP) is 2.01. The van der Waals surface area contributed by atoms with Crippen molar-refractivity contribution < 1.29 is 23.5 Å². The van der Waals surface area contributed by atoms with Gasteiger partial charge in [-0.1, -0.05) is 12.1 Å². The molecule has 1 saturated heterocycles. The quantitative estimate of drug-likeness (QED) is 0.741. The Bertz CT molecular complexity index is 877. The molecular weight excluding hydrogens is 377 g/mol. The number of carbonyl (C=O) groups excluding carboxylic acids is 2. The second-order valence-electron chi connectivity index (χ2n) is 6.92. The van der Waals surface area contributed by atoms with Gasteiger partial charge in [0.25, 0.3) is 0 Å². The molecule has 1 aromatic heterocycles. The van der Waals surface area contributed by atoms with E-state index in [2.05, 4.69) is 4.98 Å². The van der Waals surface area contributed by atoms with Crippen molar-refractivity contribution in [1.82, 2.24) is 14.8 Å². The first-order valence-corrected chi connectivity index (χ1v) is 9.33. The van der Waals surface area contributed by atoms with Gasteiger partial charge in [-0.05, 0) is 23.8 Å². The van der Waals surface area contributed by atoms with Gasteiger partial charge in [-0.15, -0.1) is 0 Å². The lowest BCUT2D eigenvalue weighted by Crippen LogP contribution is -2.38. The average Bonchev–Trinajstić information content (AvgIpc) is 2.86. The van der Waals surface area contributed by atoms with E-state index in [-0.39, 0.29) is 37.3 Å². The summed E-state index contributed by atoms with van der Waals surface area (Å²) in [6.07, 6.45) is 1.22. The molecule has 7 nitrogen and oxygen atoms in total. The molecule has 1 aliphatic heterocycles. The Morgan fingerprint density at radius 2 is 2.10 bits per heavy atom. The number of rotatable bonds is 6. The molecule has 2 amide bonds. The maximum Gasteiger partial charge on any atom is 0.242 e. The van der Waals surface area contributed by atoms with Gasteiger partial charge in [0, 0.05) is 32.3 Å². The number of amides is 2. The van der Waals surface area contributed by atoms with E-state index in [1.54, 1.807) is 42.5 Å². The first kappa shape index (κ1) is 20.7. The zero-order chi connectivity index (χ0) is 20.8. The minimum absolute atomic E-state index is 0.0148. The van der Waals surface area contributed by atoms with E-state index >= 15 is 0 Å². The molecular formula is C21H24FN3O4. The Morgan fingerprint density at radius 3 is 2.83 bits per heavy atom. The van der Waals surface area contributed by atoms with E-state index in [9.17, 15) is 14.0 Å². The second-order valence-corrected chi connectivity index (χ2v) is 6.92. The number of aromatic nitrogens is 1. The zero-order valence-corrected chi connectivity index (χ0v) is 16.5. The maximum atomic E-state index is 13.4. The van der Waals surface area contributed by atoms with Crippen LogP contribution in [0.25, 0.3) is 0 Å². The lowest BCUT2D eigenvalue weighted by atomic mass is 10.2. The highest BCUT2D eigenvalue weighted by atomic mass is 19.1. The number of nitrogens with zero attached hydrogens (tertiary/aromatic N) is 3. The normalized spacial score (nSPS) is 17.2. The zero-order valence-electron chi connectivity index (χ0n) is 16.5. The molecule has 0 radical (unpaired) electrons. The number of benzene rings is 1. The Hall–Kier alpha value is -3.00. The highest BCUT2D eigenvalue weighted by Gasteiger charge is 2.30. The van der Waals surface area contributed by atoms with Crippen LogP contribution in [0.5, 0.6) is 5.75 Å². The molecule has 3 rings (SSSR count). The van der Waals surface area contributed by atoms with Crippen molar-refractivity contribution >= 4 is 11.8 Å². The molecule has 154 valence electrons. The van der Waals surface area contributed by atoms with Gasteiger partial charge < -0.3 is 19.3 Å². The predicted molar refractivity (Wildman–Crippen MR) is 103 cm³/mol. The molecule has 1 unspecified atom stereocenters. The summed E-state index contributed by atoms with van der Waals surface area (Å²) in [5.74, 6) is -0.0551. The fraction of sp³-hybridized carbons (Fsp3) is 0.381. The van der Waals surface area contributed by atoms with Crippen LogP contribution >= 0.6 is 0 Å². The smallest absolute Gasteiger partial charge is 0.242 e. The van der Waals surface area contributed by atoms with Crippen LogP contribution in [-0.2, 0) is 27.5 Å². The van der Waals surface area contributed by atoms with E-state index in [4.69, 9.17) is 9.47 Å². The topological polar surface area (TPSA) is 72.0 Å². The molecule has 0 saturated carbocycles. The van der Waals surface area contributed by atoms with E-state index in [1.807, 2.05) is 0 Å². The van der Waals surface area contributed by atoms with E-state index < -0.39 is 6.10 Å². The van der Waals surface area contributed by atoms with Gasteiger partial charge in [0.15, 0.2) is 0 Å². The van der Waals surface area contributed by atoms with E-state index in [0.29, 0.717) is 30.1 Å². The number of ether oxygens (including phenoxy) is 2. The summed E-state index contributed by atoms with van der Waals surface area (Å²) in [4.78, 5) is 32.0. The molecule has 0 spiro atoms. The van der Waals surface area contributed by atoms with Crippen LogP contribution in [0, 0.1) is 5.82 Å². The Kier molecular flexibility index (Phi) is 6.77. The van der Waals surface area contributed by atoms with Gasteiger partial charge in [0.2, 0.25) is 11.8 Å². The third-order valence-electron chi connectivity index (χ3n) is 4.72. The summed E-state index contributed by atoms with van der Waals surface area (Å²) in [7, 11) is 1.57. The van der Waals surface area contributed by atoms with Crippen LogP contribution in [0.3, 0.4) is 0 Å². The first-order valence-electron chi connectivity index (χ1n) is 9.33.